The van der Waals surface area contributed by atoms with Crippen LogP contribution >= 0.6 is 0 Å². The maximum atomic E-state index is 5.45. The SMILES string of the molecule is BC(B)(B)NC(B)(CC)Cc1ccc2c(c1)OCO2. The van der Waals surface area contributed by atoms with Crippen molar-refractivity contribution in [1.29, 1.82) is 0 Å². The molecule has 3 nitrogen and oxygen atoms in total. The highest BCUT2D eigenvalue weighted by atomic mass is 16.7. The number of hydrogen-bond acceptors (Lipinski definition) is 3. The molecule has 1 heterocycles. The van der Waals surface area contributed by atoms with Gasteiger partial charge in [0.15, 0.2) is 11.5 Å². The predicted octanol–water partition coefficient (Wildman–Crippen LogP) is -2.20. The standard InChI is InChI=1S/C12H21B4NO2/c1-2-11(13,17-12(14,15)16)6-8-3-4-9-10(5-8)19-7-18-9/h3-5,17H,2,6-7,13-16H2,1H3. The fraction of sp³-hybridized carbons (Fsp3) is 0.500. The van der Waals surface area contributed by atoms with Gasteiger partial charge in [0.25, 0.3) is 0 Å². The third kappa shape index (κ3) is 3.75. The quantitative estimate of drug-likeness (QED) is 0.605. The van der Waals surface area contributed by atoms with E-state index < -0.39 is 0 Å². The van der Waals surface area contributed by atoms with Gasteiger partial charge < -0.3 is 14.8 Å². The Bertz CT molecular complexity index is 464. The Kier molecular flexibility index (Phi) is 3.95. The molecule has 0 aliphatic carbocycles. The van der Waals surface area contributed by atoms with Crippen molar-refractivity contribution in [2.75, 3.05) is 6.79 Å². The number of nitrogens with one attached hydrogen (secondary N) is 1. The van der Waals surface area contributed by atoms with E-state index in [1.165, 1.54) is 5.56 Å². The summed E-state index contributed by atoms with van der Waals surface area (Å²) in [5.41, 5.74) is 1.37. The van der Waals surface area contributed by atoms with Gasteiger partial charge in [0, 0.05) is 0 Å². The maximum Gasteiger partial charge on any atom is 0.231 e. The lowest BCUT2D eigenvalue weighted by Gasteiger charge is -2.38. The number of ether oxygens (including phenoxy) is 2. The van der Waals surface area contributed by atoms with Crippen LogP contribution in [0.3, 0.4) is 0 Å². The van der Waals surface area contributed by atoms with Gasteiger partial charge in [-0.15, -0.1) is 0 Å². The third-order valence-corrected chi connectivity index (χ3v) is 3.49. The van der Waals surface area contributed by atoms with E-state index in [2.05, 4.69) is 55.8 Å². The lowest BCUT2D eigenvalue weighted by Crippen LogP contribution is -2.60. The van der Waals surface area contributed by atoms with Crippen LogP contribution in [-0.4, -0.2) is 48.9 Å². The smallest absolute Gasteiger partial charge is 0.231 e. The molecule has 0 fully saturated rings. The molecule has 0 aromatic heterocycles. The molecule has 19 heavy (non-hydrogen) atoms. The molecule has 7 heteroatoms. The molecular formula is C12H21B4NO2. The van der Waals surface area contributed by atoms with Crippen LogP contribution in [-0.2, 0) is 6.42 Å². The van der Waals surface area contributed by atoms with Crippen molar-refractivity contribution in [3.05, 3.63) is 23.8 Å². The zero-order chi connectivity index (χ0) is 14.1. The topological polar surface area (TPSA) is 30.5 Å². The first-order valence-corrected chi connectivity index (χ1v) is 6.99. The number of fused-ring (bicyclic) bond motifs is 1. The first-order chi connectivity index (χ1) is 8.81. The summed E-state index contributed by atoms with van der Waals surface area (Å²) in [6, 6.07) is 6.23. The van der Waals surface area contributed by atoms with Crippen molar-refractivity contribution >= 4 is 31.4 Å². The molecule has 0 radical (unpaired) electrons. The van der Waals surface area contributed by atoms with E-state index in [9.17, 15) is 0 Å². The summed E-state index contributed by atoms with van der Waals surface area (Å²) in [6.45, 7) is 2.57. The second-order valence-corrected chi connectivity index (χ2v) is 6.65. The average Bonchev–Trinajstić information content (AvgIpc) is 2.73. The molecule has 1 aliphatic heterocycles. The average molecular weight is 255 g/mol. The largest absolute Gasteiger partial charge is 0.454 e. The second kappa shape index (κ2) is 5.20. The minimum Gasteiger partial charge on any atom is -0.454 e. The van der Waals surface area contributed by atoms with E-state index >= 15 is 0 Å². The van der Waals surface area contributed by atoms with Crippen molar-refractivity contribution in [2.24, 2.45) is 0 Å². The molecule has 1 aliphatic rings. The van der Waals surface area contributed by atoms with Crippen molar-refractivity contribution in [2.45, 2.75) is 30.4 Å². The Morgan fingerprint density at radius 3 is 2.47 bits per heavy atom. The van der Waals surface area contributed by atoms with Gasteiger partial charge >= 0.3 is 0 Å². The van der Waals surface area contributed by atoms with Gasteiger partial charge in [-0.3, -0.25) is 0 Å². The molecule has 0 bridgehead atoms. The fourth-order valence-corrected chi connectivity index (χ4v) is 2.66. The Hall–Kier alpha value is -0.960. The van der Waals surface area contributed by atoms with Crippen molar-refractivity contribution in [3.63, 3.8) is 0 Å². The van der Waals surface area contributed by atoms with Gasteiger partial charge in [-0.2, -0.15) is 0 Å². The summed E-state index contributed by atoms with van der Waals surface area (Å²) < 4.78 is 10.8. The lowest BCUT2D eigenvalue weighted by molar-refractivity contribution is 0.174. The summed E-state index contributed by atoms with van der Waals surface area (Å²) in [5.74, 6) is 1.72. The summed E-state index contributed by atoms with van der Waals surface area (Å²) in [5, 5.41) is 3.84. The minimum atomic E-state index is 0.0892. The zero-order valence-corrected chi connectivity index (χ0v) is 12.7. The molecule has 98 valence electrons. The van der Waals surface area contributed by atoms with Gasteiger partial charge in [0.1, 0.15) is 31.4 Å². The Balaban J connectivity index is 2.14. The first-order valence-electron chi connectivity index (χ1n) is 6.99. The minimum absolute atomic E-state index is 0.0892. The van der Waals surface area contributed by atoms with Crippen LogP contribution in [0.4, 0.5) is 0 Å². The van der Waals surface area contributed by atoms with Gasteiger partial charge in [0.05, 0.1) is 0 Å². The number of hydrogen-bond donors (Lipinski definition) is 1. The third-order valence-electron chi connectivity index (χ3n) is 3.49. The van der Waals surface area contributed by atoms with Gasteiger partial charge in [-0.05, 0) is 36.0 Å². The lowest BCUT2D eigenvalue weighted by atomic mass is 9.47. The molecule has 1 N–H and O–H groups in total. The fourth-order valence-electron chi connectivity index (χ4n) is 2.66. The highest BCUT2D eigenvalue weighted by Crippen LogP contribution is 2.33. The highest BCUT2D eigenvalue weighted by molar-refractivity contribution is 6.59. The van der Waals surface area contributed by atoms with E-state index in [0.717, 1.165) is 24.3 Å². The van der Waals surface area contributed by atoms with E-state index in [-0.39, 0.29) is 10.7 Å². The first kappa shape index (κ1) is 14.4. The molecule has 0 saturated carbocycles. The van der Waals surface area contributed by atoms with Crippen LogP contribution in [0.25, 0.3) is 0 Å². The van der Waals surface area contributed by atoms with Crippen LogP contribution in [0.1, 0.15) is 18.9 Å². The molecule has 1 aromatic rings. The van der Waals surface area contributed by atoms with E-state index in [1.807, 2.05) is 6.07 Å². The van der Waals surface area contributed by atoms with Crippen LogP contribution < -0.4 is 14.8 Å². The molecular weight excluding hydrogens is 233 g/mol. The summed E-state index contributed by atoms with van der Waals surface area (Å²) in [4.78, 5) is 0. The maximum absolute atomic E-state index is 5.45. The molecule has 0 amide bonds. The molecule has 1 atom stereocenters. The molecule has 0 spiro atoms. The van der Waals surface area contributed by atoms with Crippen molar-refractivity contribution < 1.29 is 9.47 Å². The Morgan fingerprint density at radius 2 is 1.84 bits per heavy atom. The van der Waals surface area contributed by atoms with Crippen molar-refractivity contribution in [3.8, 4) is 11.5 Å². The summed E-state index contributed by atoms with van der Waals surface area (Å²) >= 11 is 0. The monoisotopic (exact) mass is 255 g/mol. The second-order valence-electron chi connectivity index (χ2n) is 6.65. The normalized spacial score (nSPS) is 17.1. The van der Waals surface area contributed by atoms with E-state index in [0.29, 0.717) is 6.79 Å². The Labute approximate surface area is 119 Å². The van der Waals surface area contributed by atoms with Crippen LogP contribution in [0, 0.1) is 0 Å². The Morgan fingerprint density at radius 1 is 1.16 bits per heavy atom. The number of benzene rings is 1. The summed E-state index contributed by atoms with van der Waals surface area (Å²) in [6.07, 6.45) is 2.07. The van der Waals surface area contributed by atoms with E-state index in [4.69, 9.17) is 9.47 Å². The van der Waals surface area contributed by atoms with Crippen LogP contribution in [0.2, 0.25) is 0 Å². The summed E-state index contributed by atoms with van der Waals surface area (Å²) in [7, 11) is 8.91. The van der Waals surface area contributed by atoms with Crippen LogP contribution in [0.15, 0.2) is 18.2 Å². The molecule has 2 rings (SSSR count). The van der Waals surface area contributed by atoms with Gasteiger partial charge in [-0.25, -0.2) is 0 Å². The van der Waals surface area contributed by atoms with Gasteiger partial charge in [0.2, 0.25) is 6.79 Å². The van der Waals surface area contributed by atoms with Gasteiger partial charge in [-0.1, -0.05) is 18.2 Å². The van der Waals surface area contributed by atoms with E-state index in [1.54, 1.807) is 0 Å². The van der Waals surface area contributed by atoms with Crippen LogP contribution in [0.5, 0.6) is 11.5 Å². The highest BCUT2D eigenvalue weighted by Gasteiger charge is 2.27. The molecule has 1 aromatic carbocycles. The number of rotatable bonds is 5. The predicted molar refractivity (Wildman–Crippen MR) is 89.3 cm³/mol. The zero-order valence-electron chi connectivity index (χ0n) is 12.7. The van der Waals surface area contributed by atoms with Crippen molar-refractivity contribution in [1.82, 2.24) is 5.32 Å². The molecule has 0 saturated heterocycles. The molecule has 1 unspecified atom stereocenters.